The monoisotopic (exact) mass is 1090 g/mol. The second kappa shape index (κ2) is 65.8. The van der Waals surface area contributed by atoms with E-state index in [1.165, 1.54) is 122 Å². The van der Waals surface area contributed by atoms with Crippen LogP contribution in [0, 0.1) is 0 Å². The Kier molecular flexibility index (Phi) is 61.9. The lowest BCUT2D eigenvalue weighted by Crippen LogP contribution is -2.30. The van der Waals surface area contributed by atoms with Gasteiger partial charge in [0.15, 0.2) is 6.10 Å². The fourth-order valence-electron chi connectivity index (χ4n) is 8.57. The average molecular weight is 1090 g/mol. The van der Waals surface area contributed by atoms with E-state index >= 15 is 0 Å². The largest absolute Gasteiger partial charge is 0.462 e. The van der Waals surface area contributed by atoms with Crippen molar-refractivity contribution in [2.75, 3.05) is 13.2 Å². The normalized spacial score (nSPS) is 13.1. The molecule has 0 rings (SSSR count). The molecule has 0 aromatic carbocycles. The van der Waals surface area contributed by atoms with Crippen LogP contribution in [0.2, 0.25) is 0 Å². The summed E-state index contributed by atoms with van der Waals surface area (Å²) in [6.45, 7) is 6.30. The van der Waals surface area contributed by atoms with E-state index in [2.05, 4.69) is 154 Å². The van der Waals surface area contributed by atoms with Crippen LogP contribution in [0.1, 0.15) is 278 Å². The van der Waals surface area contributed by atoms with Gasteiger partial charge in [0.2, 0.25) is 0 Å². The highest BCUT2D eigenvalue weighted by atomic mass is 16.6. The van der Waals surface area contributed by atoms with E-state index in [1.54, 1.807) is 6.08 Å². The van der Waals surface area contributed by atoms with Crippen LogP contribution < -0.4 is 0 Å². The van der Waals surface area contributed by atoms with Crippen LogP contribution in [0.25, 0.3) is 0 Å². The van der Waals surface area contributed by atoms with Crippen molar-refractivity contribution in [2.24, 2.45) is 0 Å². The minimum absolute atomic E-state index is 0.116. The van der Waals surface area contributed by atoms with Crippen LogP contribution in [0.3, 0.4) is 0 Å². The molecule has 79 heavy (non-hydrogen) atoms. The summed E-state index contributed by atoms with van der Waals surface area (Å²) >= 11 is 0. The van der Waals surface area contributed by atoms with E-state index in [4.69, 9.17) is 14.2 Å². The Morgan fingerprint density at radius 3 is 0.886 bits per heavy atom. The van der Waals surface area contributed by atoms with E-state index in [1.807, 2.05) is 6.08 Å². The van der Waals surface area contributed by atoms with Gasteiger partial charge in [-0.3, -0.25) is 14.4 Å². The van der Waals surface area contributed by atoms with E-state index in [-0.39, 0.29) is 31.6 Å². The molecule has 0 N–H and O–H groups in total. The van der Waals surface area contributed by atoms with Gasteiger partial charge in [-0.15, -0.1) is 0 Å². The fraction of sp³-hybridized carbons (Fsp3) is 0.630. The summed E-state index contributed by atoms with van der Waals surface area (Å²) < 4.78 is 16.8. The highest BCUT2D eigenvalue weighted by molar-refractivity contribution is 5.72. The number of hydrogen-bond donors (Lipinski definition) is 0. The Balaban J connectivity index is 4.37. The van der Waals surface area contributed by atoms with Gasteiger partial charge in [0.05, 0.1) is 6.42 Å². The maximum absolute atomic E-state index is 12.9. The van der Waals surface area contributed by atoms with Crippen molar-refractivity contribution in [2.45, 2.75) is 284 Å². The minimum Gasteiger partial charge on any atom is -0.462 e. The van der Waals surface area contributed by atoms with Crippen LogP contribution in [0.5, 0.6) is 0 Å². The zero-order valence-corrected chi connectivity index (χ0v) is 51.1. The second-order valence-corrected chi connectivity index (χ2v) is 20.9. The molecule has 6 heteroatoms. The quantitative estimate of drug-likeness (QED) is 0.0261. The topological polar surface area (TPSA) is 78.9 Å². The van der Waals surface area contributed by atoms with Crippen LogP contribution in [0.4, 0.5) is 0 Å². The molecule has 0 bridgehead atoms. The molecule has 0 saturated heterocycles. The predicted octanol–water partition coefficient (Wildman–Crippen LogP) is 22.3. The number of unbranched alkanes of at least 4 members (excludes halogenated alkanes) is 23. The van der Waals surface area contributed by atoms with E-state index in [0.29, 0.717) is 12.8 Å². The number of ether oxygens (including phenoxy) is 3. The average Bonchev–Trinajstić information content (AvgIpc) is 3.45. The van der Waals surface area contributed by atoms with Gasteiger partial charge < -0.3 is 14.2 Å². The van der Waals surface area contributed by atoms with Gasteiger partial charge in [-0.25, -0.2) is 0 Å². The van der Waals surface area contributed by atoms with Gasteiger partial charge in [0.25, 0.3) is 0 Å². The first-order chi connectivity index (χ1) is 39.0. The predicted molar refractivity (Wildman–Crippen MR) is 343 cm³/mol. The highest BCUT2D eigenvalue weighted by Gasteiger charge is 2.19. The molecule has 0 spiro atoms. The molecular formula is C73H118O6. The Labute approximate surface area is 487 Å². The lowest BCUT2D eigenvalue weighted by Gasteiger charge is -2.18. The third-order valence-corrected chi connectivity index (χ3v) is 13.3. The van der Waals surface area contributed by atoms with Crippen LogP contribution in [-0.4, -0.2) is 37.2 Å². The molecular weight excluding hydrogens is 973 g/mol. The molecule has 1 atom stereocenters. The Morgan fingerprint density at radius 1 is 0.278 bits per heavy atom. The molecule has 0 aromatic rings. The lowest BCUT2D eigenvalue weighted by atomic mass is 10.0. The SMILES string of the molecule is CC/C=C\C/C=C\C/C=C\C/C=C\C/C=C\CCCCCCCCCCCCCCCC(=O)OCC(COC(=O)C/C=C\C/C=C\C/C=C\C/C=C\C/C=C\CC)OC(=O)CCCCCCCCC/C=C\C/C=C\CCCCC. The molecule has 0 heterocycles. The summed E-state index contributed by atoms with van der Waals surface area (Å²) in [5, 5.41) is 0. The Bertz CT molecular complexity index is 1730. The molecule has 446 valence electrons. The van der Waals surface area contributed by atoms with Gasteiger partial charge in [-0.05, 0) is 122 Å². The van der Waals surface area contributed by atoms with Gasteiger partial charge in [-0.1, -0.05) is 282 Å². The number of esters is 3. The minimum atomic E-state index is -0.829. The lowest BCUT2D eigenvalue weighted by molar-refractivity contribution is -0.166. The maximum atomic E-state index is 12.9. The number of allylic oxidation sites excluding steroid dienone is 23. The first-order valence-electron chi connectivity index (χ1n) is 32.3. The Morgan fingerprint density at radius 2 is 0.544 bits per heavy atom. The summed E-state index contributed by atoms with van der Waals surface area (Å²) in [6.07, 6.45) is 94.5. The third kappa shape index (κ3) is 64.0. The van der Waals surface area contributed by atoms with Crippen molar-refractivity contribution in [1.82, 2.24) is 0 Å². The number of carbonyl (C=O) groups is 3. The van der Waals surface area contributed by atoms with Crippen molar-refractivity contribution in [3.8, 4) is 0 Å². The van der Waals surface area contributed by atoms with E-state index < -0.39 is 12.1 Å². The Hall–Kier alpha value is -4.71. The second-order valence-electron chi connectivity index (χ2n) is 20.9. The molecule has 0 saturated carbocycles. The van der Waals surface area contributed by atoms with Crippen molar-refractivity contribution < 1.29 is 28.6 Å². The van der Waals surface area contributed by atoms with Gasteiger partial charge in [0.1, 0.15) is 13.2 Å². The van der Waals surface area contributed by atoms with Crippen molar-refractivity contribution in [3.05, 3.63) is 146 Å². The smallest absolute Gasteiger partial charge is 0.309 e. The van der Waals surface area contributed by atoms with Crippen LogP contribution in [-0.2, 0) is 28.6 Å². The number of rotatable bonds is 57. The van der Waals surface area contributed by atoms with Gasteiger partial charge in [-0.2, -0.15) is 0 Å². The summed E-state index contributed by atoms with van der Waals surface area (Å²) in [5.74, 6) is -1.06. The molecule has 0 aromatic heterocycles. The molecule has 0 aliphatic rings. The van der Waals surface area contributed by atoms with E-state index in [0.717, 1.165) is 116 Å². The highest BCUT2D eigenvalue weighted by Crippen LogP contribution is 2.15. The molecule has 0 fully saturated rings. The maximum Gasteiger partial charge on any atom is 0.309 e. The summed E-state index contributed by atoms with van der Waals surface area (Å²) in [4.78, 5) is 38.3. The third-order valence-electron chi connectivity index (χ3n) is 13.3. The number of hydrogen-bond acceptors (Lipinski definition) is 6. The van der Waals surface area contributed by atoms with E-state index in [9.17, 15) is 14.4 Å². The molecule has 0 aliphatic heterocycles. The van der Waals surface area contributed by atoms with Crippen LogP contribution in [0.15, 0.2) is 146 Å². The summed E-state index contributed by atoms with van der Waals surface area (Å²) in [6, 6.07) is 0. The first kappa shape index (κ1) is 74.3. The molecule has 0 radical (unpaired) electrons. The number of carbonyl (C=O) groups excluding carboxylic acids is 3. The zero-order chi connectivity index (χ0) is 57.1. The van der Waals surface area contributed by atoms with Crippen LogP contribution >= 0.6 is 0 Å². The van der Waals surface area contributed by atoms with Gasteiger partial charge >= 0.3 is 17.9 Å². The standard InChI is InChI=1S/C73H118O6/c1-4-7-10-13-16-19-22-25-28-30-31-32-33-34-35-36-37-38-39-40-41-43-45-48-51-54-57-60-63-66-72(75)78-69-70(68-77-71(74)65-62-59-56-53-50-47-44-27-24-21-18-15-12-9-6-3)79-73(76)67-64-61-58-55-52-49-46-42-29-26-23-20-17-14-11-8-5-2/h7,9-10,12,16-21,25-29,31-32,34-35,44,50,53,59,62,70H,4-6,8,11,13-15,22-24,30,33,36-43,45-49,51-52,54-58,60-61,63-69H2,1-3H3/b10-7-,12-9-,19-16-,20-17-,21-18-,28-25-,29-26-,32-31-,35-34-,44-27-,53-50-,62-59-. The van der Waals surface area contributed by atoms with Crippen molar-refractivity contribution in [1.29, 1.82) is 0 Å². The van der Waals surface area contributed by atoms with Gasteiger partial charge in [0, 0.05) is 12.8 Å². The van der Waals surface area contributed by atoms with Crippen molar-refractivity contribution in [3.63, 3.8) is 0 Å². The fourth-order valence-corrected chi connectivity index (χ4v) is 8.57. The first-order valence-corrected chi connectivity index (χ1v) is 32.3. The zero-order valence-electron chi connectivity index (χ0n) is 51.1. The molecule has 1 unspecified atom stereocenters. The molecule has 6 nitrogen and oxygen atoms in total. The molecule has 0 amide bonds. The summed E-state index contributed by atoms with van der Waals surface area (Å²) in [5.41, 5.74) is 0. The molecule has 0 aliphatic carbocycles. The van der Waals surface area contributed by atoms with Crippen molar-refractivity contribution >= 4 is 17.9 Å². The summed E-state index contributed by atoms with van der Waals surface area (Å²) in [7, 11) is 0.